The van der Waals surface area contributed by atoms with Gasteiger partial charge in [0.05, 0.1) is 37.3 Å². The summed E-state index contributed by atoms with van der Waals surface area (Å²) in [6.45, 7) is 4.82. The third kappa shape index (κ3) is 7.79. The first-order chi connectivity index (χ1) is 12.9. The van der Waals surface area contributed by atoms with E-state index in [1.807, 2.05) is 18.0 Å². The van der Waals surface area contributed by atoms with E-state index >= 15 is 0 Å². The zero-order chi connectivity index (χ0) is 20.3. The molecular weight excluding hydrogens is 371 g/mol. The second-order valence-corrected chi connectivity index (χ2v) is 7.75. The van der Waals surface area contributed by atoms with Gasteiger partial charge >= 0.3 is 7.60 Å². The van der Waals surface area contributed by atoms with Crippen molar-refractivity contribution in [1.29, 1.82) is 0 Å². The minimum Gasteiger partial charge on any atom is -0.383 e. The molecule has 0 aromatic heterocycles. The van der Waals surface area contributed by atoms with Crippen LogP contribution in [0.2, 0.25) is 0 Å². The van der Waals surface area contributed by atoms with Crippen molar-refractivity contribution in [1.82, 2.24) is 4.90 Å². The van der Waals surface area contributed by atoms with E-state index in [1.165, 1.54) is 12.1 Å². The van der Waals surface area contributed by atoms with E-state index in [-0.39, 0.29) is 17.9 Å². The summed E-state index contributed by atoms with van der Waals surface area (Å²) in [6.07, 6.45) is 0.0221. The molecule has 27 heavy (non-hydrogen) atoms. The molecule has 1 rings (SSSR count). The van der Waals surface area contributed by atoms with Gasteiger partial charge in [0.2, 0.25) is 0 Å². The number of nitrogens with zero attached hydrogens (tertiary/aromatic N) is 2. The number of nitro benzene ring substituents is 1. The van der Waals surface area contributed by atoms with Gasteiger partial charge in [-0.05, 0) is 26.5 Å². The first-order valence-electron chi connectivity index (χ1n) is 8.64. The van der Waals surface area contributed by atoms with E-state index in [9.17, 15) is 14.7 Å². The molecule has 0 radical (unpaired) electrons. The van der Waals surface area contributed by atoms with Crippen LogP contribution in [-0.2, 0) is 18.3 Å². The summed E-state index contributed by atoms with van der Waals surface area (Å²) in [5.41, 5.74) is 0.798. The average Bonchev–Trinajstić information content (AvgIpc) is 2.63. The Labute approximate surface area is 160 Å². The van der Waals surface area contributed by atoms with Crippen molar-refractivity contribution in [3.63, 3.8) is 0 Å². The summed E-state index contributed by atoms with van der Waals surface area (Å²) in [4.78, 5) is 12.5. The maximum Gasteiger partial charge on any atom is 0.342 e. The number of hydrogen-bond acceptors (Lipinski definition) is 7. The summed E-state index contributed by atoms with van der Waals surface area (Å²) in [7, 11) is 0.240. The molecule has 1 aromatic rings. The van der Waals surface area contributed by atoms with Crippen molar-refractivity contribution in [3.05, 3.63) is 39.9 Å². The third-order valence-corrected chi connectivity index (χ3v) is 5.55. The largest absolute Gasteiger partial charge is 0.383 e. The van der Waals surface area contributed by atoms with Crippen molar-refractivity contribution in [3.8, 4) is 11.8 Å². The Kier molecular flexibility index (Phi) is 10.2. The Hall–Kier alpha value is -1.75. The number of hydrogen-bond donors (Lipinski definition) is 0. The first-order valence-corrected chi connectivity index (χ1v) is 10.4. The molecule has 0 saturated heterocycles. The van der Waals surface area contributed by atoms with Crippen LogP contribution in [0, 0.1) is 22.0 Å². The fourth-order valence-electron chi connectivity index (χ4n) is 2.45. The quantitative estimate of drug-likeness (QED) is 0.244. The zero-order valence-corrected chi connectivity index (χ0v) is 17.1. The predicted octanol–water partition coefficient (Wildman–Crippen LogP) is 3.48. The Balaban J connectivity index is 2.83. The van der Waals surface area contributed by atoms with Crippen LogP contribution in [0.25, 0.3) is 0 Å². The summed E-state index contributed by atoms with van der Waals surface area (Å²) in [5.74, 6) is 5.81. The lowest BCUT2D eigenvalue weighted by molar-refractivity contribution is -0.385. The van der Waals surface area contributed by atoms with Crippen molar-refractivity contribution in [2.75, 3.05) is 46.7 Å². The van der Waals surface area contributed by atoms with Gasteiger partial charge in [0.1, 0.15) is 6.16 Å². The molecule has 0 bridgehead atoms. The smallest absolute Gasteiger partial charge is 0.342 e. The number of non-ortho nitro benzene ring substituents is 1. The minimum atomic E-state index is -3.18. The average molecular weight is 398 g/mol. The molecule has 9 heteroatoms. The lowest BCUT2D eigenvalue weighted by atomic mass is 10.1. The Morgan fingerprint density at radius 3 is 2.48 bits per heavy atom. The normalized spacial score (nSPS) is 12.5. The molecular formula is C18H27N2O6P. The van der Waals surface area contributed by atoms with Crippen LogP contribution in [0.3, 0.4) is 0 Å². The number of nitro groups is 1. The monoisotopic (exact) mass is 398 g/mol. The van der Waals surface area contributed by atoms with Gasteiger partial charge in [-0.1, -0.05) is 24.0 Å². The van der Waals surface area contributed by atoms with Crippen LogP contribution in [0.4, 0.5) is 5.69 Å². The van der Waals surface area contributed by atoms with E-state index in [4.69, 9.17) is 13.8 Å². The summed E-state index contributed by atoms with van der Waals surface area (Å²) in [5, 5.41) is 11.0. The SMILES string of the molecule is CCOP(=O)(CC#CCN(C)C(COC)c1cccc([N+](=O)[O-])c1)OCC. The highest BCUT2D eigenvalue weighted by Crippen LogP contribution is 2.47. The summed E-state index contributed by atoms with van der Waals surface area (Å²) < 4.78 is 28.0. The van der Waals surface area contributed by atoms with Gasteiger partial charge in [-0.25, -0.2) is 0 Å². The lowest BCUT2D eigenvalue weighted by Crippen LogP contribution is -2.28. The molecule has 150 valence electrons. The Bertz CT molecular complexity index is 705. The topological polar surface area (TPSA) is 91.1 Å². The van der Waals surface area contributed by atoms with Crippen LogP contribution in [-0.4, -0.2) is 56.5 Å². The molecule has 1 aromatic carbocycles. The molecule has 0 amide bonds. The number of likely N-dealkylation sites (N-methyl/N-ethyl adjacent to an activating group) is 1. The molecule has 0 heterocycles. The molecule has 0 spiro atoms. The van der Waals surface area contributed by atoms with Gasteiger partial charge in [0.25, 0.3) is 5.69 Å². The highest BCUT2D eigenvalue weighted by molar-refractivity contribution is 7.54. The number of benzene rings is 1. The fourth-order valence-corrected chi connectivity index (χ4v) is 3.80. The van der Waals surface area contributed by atoms with Gasteiger partial charge in [0.15, 0.2) is 0 Å². The van der Waals surface area contributed by atoms with E-state index in [0.29, 0.717) is 26.4 Å². The second kappa shape index (κ2) is 11.9. The molecule has 0 aliphatic carbocycles. The number of methoxy groups -OCH3 is 1. The molecule has 0 aliphatic rings. The van der Waals surface area contributed by atoms with Gasteiger partial charge in [-0.3, -0.25) is 19.6 Å². The van der Waals surface area contributed by atoms with Crippen LogP contribution >= 0.6 is 7.60 Å². The number of ether oxygens (including phenoxy) is 1. The van der Waals surface area contributed by atoms with Crippen LogP contribution in [0.1, 0.15) is 25.5 Å². The predicted molar refractivity (Wildman–Crippen MR) is 104 cm³/mol. The molecule has 0 aliphatic heterocycles. The molecule has 8 nitrogen and oxygen atoms in total. The third-order valence-electron chi connectivity index (χ3n) is 3.70. The van der Waals surface area contributed by atoms with E-state index in [0.717, 1.165) is 5.56 Å². The standard InChI is InChI=1S/C18H27N2O6P/c1-5-25-27(23,26-6-2)13-8-7-12-19(3)18(15-24-4)16-10-9-11-17(14-16)20(21)22/h9-11,14,18H,5-6,12-13,15H2,1-4H3. The molecule has 0 saturated carbocycles. The maximum absolute atomic E-state index is 12.4. The van der Waals surface area contributed by atoms with Crippen molar-refractivity contribution < 1.29 is 23.3 Å². The highest BCUT2D eigenvalue weighted by atomic mass is 31.2. The Morgan fingerprint density at radius 1 is 1.26 bits per heavy atom. The summed E-state index contributed by atoms with van der Waals surface area (Å²) in [6, 6.07) is 6.25. The first kappa shape index (κ1) is 23.3. The van der Waals surface area contributed by atoms with Gasteiger partial charge < -0.3 is 13.8 Å². The van der Waals surface area contributed by atoms with Crippen molar-refractivity contribution >= 4 is 13.3 Å². The maximum atomic E-state index is 12.4. The Morgan fingerprint density at radius 2 is 1.93 bits per heavy atom. The molecule has 1 atom stereocenters. The minimum absolute atomic E-state index is 0.0221. The van der Waals surface area contributed by atoms with Gasteiger partial charge in [0, 0.05) is 19.2 Å². The number of rotatable bonds is 11. The molecule has 0 N–H and O–H groups in total. The molecule has 1 unspecified atom stereocenters. The van der Waals surface area contributed by atoms with Crippen molar-refractivity contribution in [2.45, 2.75) is 19.9 Å². The fraction of sp³-hybridized carbons (Fsp3) is 0.556. The van der Waals surface area contributed by atoms with E-state index in [2.05, 4.69) is 11.8 Å². The van der Waals surface area contributed by atoms with Gasteiger partial charge in [-0.15, -0.1) is 0 Å². The lowest BCUT2D eigenvalue weighted by Gasteiger charge is -2.26. The van der Waals surface area contributed by atoms with Crippen LogP contribution in [0.15, 0.2) is 24.3 Å². The molecule has 0 fully saturated rings. The summed E-state index contributed by atoms with van der Waals surface area (Å²) >= 11 is 0. The zero-order valence-electron chi connectivity index (χ0n) is 16.2. The van der Waals surface area contributed by atoms with Crippen LogP contribution in [0.5, 0.6) is 0 Å². The van der Waals surface area contributed by atoms with E-state index in [1.54, 1.807) is 27.0 Å². The highest BCUT2D eigenvalue weighted by Gasteiger charge is 2.22. The van der Waals surface area contributed by atoms with Gasteiger partial charge in [-0.2, -0.15) is 0 Å². The second-order valence-electron chi connectivity index (χ2n) is 5.70. The van der Waals surface area contributed by atoms with E-state index < -0.39 is 12.5 Å². The van der Waals surface area contributed by atoms with Crippen LogP contribution < -0.4 is 0 Å². The van der Waals surface area contributed by atoms with Crippen molar-refractivity contribution in [2.24, 2.45) is 0 Å².